The normalized spacial score (nSPS) is 9.94. The Balaban J connectivity index is 2.18. The third kappa shape index (κ3) is 2.70. The molecule has 0 aliphatic carbocycles. The second-order valence-corrected chi connectivity index (χ2v) is 3.64. The van der Waals surface area contributed by atoms with Crippen molar-refractivity contribution in [2.45, 2.75) is 0 Å². The molecule has 0 fully saturated rings. The van der Waals surface area contributed by atoms with E-state index >= 15 is 0 Å². The average molecular weight is 250 g/mol. The largest absolute Gasteiger partial charge is 0.506 e. The minimum atomic E-state index is -0.368. The van der Waals surface area contributed by atoms with Gasteiger partial charge in [-0.05, 0) is 30.3 Å². The van der Waals surface area contributed by atoms with Gasteiger partial charge in [0.05, 0.1) is 5.02 Å². The number of hydrogen-bond acceptors (Lipinski definition) is 4. The van der Waals surface area contributed by atoms with Gasteiger partial charge < -0.3 is 10.4 Å². The Morgan fingerprint density at radius 1 is 1.35 bits per heavy atom. The van der Waals surface area contributed by atoms with Crippen LogP contribution in [0.5, 0.6) is 5.75 Å². The van der Waals surface area contributed by atoms with Gasteiger partial charge in [0.2, 0.25) is 0 Å². The van der Waals surface area contributed by atoms with E-state index in [1.54, 1.807) is 12.1 Å². The average Bonchev–Trinajstić information content (AvgIpc) is 2.34. The van der Waals surface area contributed by atoms with Gasteiger partial charge in [-0.25, -0.2) is 0 Å². The van der Waals surface area contributed by atoms with Gasteiger partial charge in [-0.2, -0.15) is 5.10 Å². The molecule has 1 amide bonds. The van der Waals surface area contributed by atoms with Gasteiger partial charge in [0.25, 0.3) is 5.91 Å². The monoisotopic (exact) mass is 249 g/mol. The molecule has 2 aromatic rings. The molecule has 0 atom stereocenters. The third-order valence-electron chi connectivity index (χ3n) is 2.02. The lowest BCUT2D eigenvalue weighted by Crippen LogP contribution is -2.13. The zero-order valence-corrected chi connectivity index (χ0v) is 9.35. The molecular weight excluding hydrogens is 242 g/mol. The molecule has 1 aromatic heterocycles. The molecule has 1 aromatic carbocycles. The van der Waals surface area contributed by atoms with Crippen LogP contribution in [0.4, 0.5) is 5.82 Å². The lowest BCUT2D eigenvalue weighted by atomic mass is 10.2. The summed E-state index contributed by atoms with van der Waals surface area (Å²) >= 11 is 5.70. The summed E-state index contributed by atoms with van der Waals surface area (Å²) in [6.45, 7) is 0. The number of nitrogens with zero attached hydrogens (tertiary/aromatic N) is 2. The molecule has 17 heavy (non-hydrogen) atoms. The molecule has 0 saturated heterocycles. The Bertz CT molecular complexity index is 546. The van der Waals surface area contributed by atoms with Crippen LogP contribution < -0.4 is 5.32 Å². The summed E-state index contributed by atoms with van der Waals surface area (Å²) in [4.78, 5) is 11.8. The maximum absolute atomic E-state index is 11.8. The first-order valence-electron chi connectivity index (χ1n) is 4.74. The van der Waals surface area contributed by atoms with Gasteiger partial charge in [0, 0.05) is 11.8 Å². The van der Waals surface area contributed by atoms with Gasteiger partial charge in [-0.3, -0.25) is 4.79 Å². The smallest absolute Gasteiger partial charge is 0.256 e. The van der Waals surface area contributed by atoms with Gasteiger partial charge in [0.15, 0.2) is 5.82 Å². The molecular formula is C11H8ClN3O2. The number of carbonyl (C=O) groups is 1. The molecule has 0 bridgehead atoms. The van der Waals surface area contributed by atoms with Crippen LogP contribution in [0, 0.1) is 0 Å². The highest BCUT2D eigenvalue weighted by Crippen LogP contribution is 2.23. The van der Waals surface area contributed by atoms with Crippen molar-refractivity contribution in [2.24, 2.45) is 0 Å². The molecule has 0 aliphatic heterocycles. The molecule has 2 rings (SSSR count). The molecule has 6 heteroatoms. The molecule has 5 nitrogen and oxygen atoms in total. The second kappa shape index (κ2) is 4.80. The molecule has 86 valence electrons. The summed E-state index contributed by atoms with van der Waals surface area (Å²) in [5, 5.41) is 19.3. The first-order chi connectivity index (χ1) is 8.16. The summed E-state index contributed by atoms with van der Waals surface area (Å²) in [6, 6.07) is 7.47. The van der Waals surface area contributed by atoms with E-state index in [2.05, 4.69) is 15.5 Å². The van der Waals surface area contributed by atoms with Crippen LogP contribution in [0.3, 0.4) is 0 Å². The topological polar surface area (TPSA) is 75.1 Å². The Morgan fingerprint density at radius 2 is 2.18 bits per heavy atom. The lowest BCUT2D eigenvalue weighted by Gasteiger charge is -2.04. The molecule has 0 spiro atoms. The van der Waals surface area contributed by atoms with E-state index in [0.29, 0.717) is 11.4 Å². The fourth-order valence-electron chi connectivity index (χ4n) is 1.20. The number of anilines is 1. The van der Waals surface area contributed by atoms with E-state index in [0.717, 1.165) is 0 Å². The molecule has 0 unspecified atom stereocenters. The van der Waals surface area contributed by atoms with E-state index in [1.807, 2.05) is 0 Å². The predicted molar refractivity (Wildman–Crippen MR) is 63.1 cm³/mol. The Hall–Kier alpha value is -2.14. The number of rotatable bonds is 2. The summed E-state index contributed by atoms with van der Waals surface area (Å²) in [5.74, 6) is -0.0863. The van der Waals surface area contributed by atoms with Gasteiger partial charge in [-0.15, -0.1) is 5.10 Å². The van der Waals surface area contributed by atoms with Crippen LogP contribution in [0.1, 0.15) is 10.4 Å². The van der Waals surface area contributed by atoms with Crippen molar-refractivity contribution >= 4 is 23.3 Å². The summed E-state index contributed by atoms with van der Waals surface area (Å²) < 4.78 is 0. The second-order valence-electron chi connectivity index (χ2n) is 3.23. The van der Waals surface area contributed by atoms with Crippen LogP contribution in [-0.2, 0) is 0 Å². The highest BCUT2D eigenvalue weighted by Gasteiger charge is 2.09. The number of aromatic nitrogens is 2. The predicted octanol–water partition coefficient (Wildman–Crippen LogP) is 2.09. The van der Waals surface area contributed by atoms with Crippen LogP contribution in [0.2, 0.25) is 5.02 Å². The number of nitrogens with one attached hydrogen (secondary N) is 1. The van der Waals surface area contributed by atoms with Crippen molar-refractivity contribution in [2.75, 3.05) is 5.32 Å². The number of amides is 1. The minimum Gasteiger partial charge on any atom is -0.506 e. The number of phenols is 1. The van der Waals surface area contributed by atoms with Crippen molar-refractivity contribution < 1.29 is 9.90 Å². The standard InChI is InChI=1S/C11H8ClN3O2/c12-8-6-7(3-4-9(8)16)11(17)14-10-2-1-5-13-15-10/h1-6,16H,(H,14,15,17). The zero-order valence-electron chi connectivity index (χ0n) is 8.59. The van der Waals surface area contributed by atoms with E-state index < -0.39 is 0 Å². The zero-order chi connectivity index (χ0) is 12.3. The molecule has 0 radical (unpaired) electrons. The number of halogens is 1. The third-order valence-corrected chi connectivity index (χ3v) is 2.33. The van der Waals surface area contributed by atoms with Crippen LogP contribution >= 0.6 is 11.6 Å². The van der Waals surface area contributed by atoms with Gasteiger partial charge in [0.1, 0.15) is 5.75 Å². The number of aromatic hydroxyl groups is 1. The molecule has 1 heterocycles. The lowest BCUT2D eigenvalue weighted by molar-refractivity contribution is 0.102. The fourth-order valence-corrected chi connectivity index (χ4v) is 1.39. The SMILES string of the molecule is O=C(Nc1cccnn1)c1ccc(O)c(Cl)c1. The van der Waals surface area contributed by atoms with Crippen molar-refractivity contribution in [3.05, 3.63) is 47.1 Å². The van der Waals surface area contributed by atoms with Crippen LogP contribution in [0.25, 0.3) is 0 Å². The first-order valence-corrected chi connectivity index (χ1v) is 5.12. The highest BCUT2D eigenvalue weighted by atomic mass is 35.5. The minimum absolute atomic E-state index is 0.0669. The van der Waals surface area contributed by atoms with E-state index in [-0.39, 0.29) is 16.7 Å². The molecule has 0 aliphatic rings. The van der Waals surface area contributed by atoms with Crippen molar-refractivity contribution in [1.29, 1.82) is 0 Å². The Morgan fingerprint density at radius 3 is 2.82 bits per heavy atom. The Kier molecular flexibility index (Phi) is 3.20. The summed E-state index contributed by atoms with van der Waals surface area (Å²) in [7, 11) is 0. The van der Waals surface area contributed by atoms with E-state index in [4.69, 9.17) is 11.6 Å². The quantitative estimate of drug-likeness (QED) is 0.855. The molecule has 2 N–H and O–H groups in total. The number of hydrogen-bond donors (Lipinski definition) is 2. The van der Waals surface area contributed by atoms with E-state index in [1.165, 1.54) is 24.4 Å². The van der Waals surface area contributed by atoms with Crippen molar-refractivity contribution in [3.8, 4) is 5.75 Å². The molecule has 0 saturated carbocycles. The maximum Gasteiger partial charge on any atom is 0.256 e. The van der Waals surface area contributed by atoms with E-state index in [9.17, 15) is 9.90 Å². The first kappa shape index (κ1) is 11.3. The number of phenolic OH excluding ortho intramolecular Hbond substituents is 1. The van der Waals surface area contributed by atoms with Crippen molar-refractivity contribution in [1.82, 2.24) is 10.2 Å². The van der Waals surface area contributed by atoms with Crippen LogP contribution in [0.15, 0.2) is 36.5 Å². The summed E-state index contributed by atoms with van der Waals surface area (Å²) in [6.07, 6.45) is 1.51. The number of carbonyl (C=O) groups excluding carboxylic acids is 1. The van der Waals surface area contributed by atoms with Crippen LogP contribution in [-0.4, -0.2) is 21.2 Å². The maximum atomic E-state index is 11.8. The van der Waals surface area contributed by atoms with Gasteiger partial charge >= 0.3 is 0 Å². The fraction of sp³-hybridized carbons (Fsp3) is 0. The number of benzene rings is 1. The van der Waals surface area contributed by atoms with Crippen molar-refractivity contribution in [3.63, 3.8) is 0 Å². The Labute approximate surface area is 102 Å². The summed E-state index contributed by atoms with van der Waals surface area (Å²) in [5.41, 5.74) is 0.332. The van der Waals surface area contributed by atoms with Gasteiger partial charge in [-0.1, -0.05) is 11.6 Å². The highest BCUT2D eigenvalue weighted by molar-refractivity contribution is 6.32.